The first-order valence-corrected chi connectivity index (χ1v) is 6.02. The maximum absolute atomic E-state index is 8.82. The van der Waals surface area contributed by atoms with Gasteiger partial charge in [-0.1, -0.05) is 18.2 Å². The minimum Gasteiger partial charge on any atom is -0.254 e. The predicted octanol–water partition coefficient (Wildman–Crippen LogP) is 2.62. The second-order valence-electron chi connectivity index (χ2n) is 4.09. The van der Waals surface area contributed by atoms with E-state index in [4.69, 9.17) is 5.26 Å². The third-order valence-corrected chi connectivity index (χ3v) is 3.09. The summed E-state index contributed by atoms with van der Waals surface area (Å²) in [6.45, 7) is 3.97. The quantitative estimate of drug-likeness (QED) is 0.596. The number of nitrogens with one attached hydrogen (secondary N) is 1. The Balaban J connectivity index is 2.06. The van der Waals surface area contributed by atoms with Gasteiger partial charge in [0.1, 0.15) is 6.33 Å². The molecule has 0 amide bonds. The highest BCUT2D eigenvalue weighted by Crippen LogP contribution is 2.23. The van der Waals surface area contributed by atoms with Crippen molar-refractivity contribution in [1.82, 2.24) is 15.2 Å². The number of nitriles is 1. The molecule has 15 heavy (non-hydrogen) atoms. The van der Waals surface area contributed by atoms with Crippen molar-refractivity contribution in [2.45, 2.75) is 38.3 Å². The Bertz CT molecular complexity index is 313. The van der Waals surface area contributed by atoms with E-state index in [-0.39, 0.29) is 5.41 Å². The van der Waals surface area contributed by atoms with Crippen LogP contribution in [0.2, 0.25) is 0 Å². The second kappa shape index (κ2) is 5.76. The second-order valence-corrected chi connectivity index (χ2v) is 5.18. The molecule has 1 heterocycles. The van der Waals surface area contributed by atoms with Gasteiger partial charge >= 0.3 is 0 Å². The van der Waals surface area contributed by atoms with E-state index in [0.717, 1.165) is 30.2 Å². The number of unbranched alkanes of at least 4 members (excludes halogenated alkanes) is 1. The Kier molecular flexibility index (Phi) is 4.63. The third-order valence-electron chi connectivity index (χ3n) is 2.13. The molecule has 0 atom stereocenters. The molecular formula is C10H16N4S. The summed E-state index contributed by atoms with van der Waals surface area (Å²) >= 11 is 1.67. The summed E-state index contributed by atoms with van der Waals surface area (Å²) in [4.78, 5) is 4.02. The number of H-pyrrole nitrogens is 1. The van der Waals surface area contributed by atoms with E-state index in [9.17, 15) is 0 Å². The van der Waals surface area contributed by atoms with Gasteiger partial charge in [0.05, 0.1) is 11.5 Å². The van der Waals surface area contributed by atoms with Crippen molar-refractivity contribution in [2.24, 2.45) is 5.41 Å². The molecular weight excluding hydrogens is 208 g/mol. The highest BCUT2D eigenvalue weighted by molar-refractivity contribution is 7.99. The molecule has 0 saturated heterocycles. The van der Waals surface area contributed by atoms with E-state index in [1.807, 2.05) is 13.8 Å². The molecule has 0 aliphatic rings. The molecule has 1 aromatic rings. The van der Waals surface area contributed by atoms with Crippen molar-refractivity contribution < 1.29 is 0 Å². The molecule has 5 heteroatoms. The predicted molar refractivity (Wildman–Crippen MR) is 60.4 cm³/mol. The topological polar surface area (TPSA) is 65.4 Å². The molecule has 0 fully saturated rings. The van der Waals surface area contributed by atoms with Crippen molar-refractivity contribution in [2.75, 3.05) is 5.75 Å². The smallest absolute Gasteiger partial charge is 0.183 e. The fourth-order valence-electron chi connectivity index (χ4n) is 1.16. The SMILES string of the molecule is CC(C)(C#N)CCCCSc1ncn[nH]1. The van der Waals surface area contributed by atoms with Crippen LogP contribution in [0.5, 0.6) is 0 Å². The fourth-order valence-corrected chi connectivity index (χ4v) is 1.94. The molecule has 0 unspecified atom stereocenters. The minimum atomic E-state index is -0.184. The van der Waals surface area contributed by atoms with Crippen LogP contribution in [0.25, 0.3) is 0 Å². The lowest BCUT2D eigenvalue weighted by atomic mass is 9.89. The Morgan fingerprint density at radius 1 is 1.53 bits per heavy atom. The first kappa shape index (κ1) is 12.1. The van der Waals surface area contributed by atoms with Gasteiger partial charge in [0.25, 0.3) is 0 Å². The summed E-state index contributed by atoms with van der Waals surface area (Å²) in [6.07, 6.45) is 4.67. The lowest BCUT2D eigenvalue weighted by Crippen LogP contribution is -2.07. The zero-order valence-corrected chi connectivity index (χ0v) is 9.97. The average molecular weight is 224 g/mol. The normalized spacial score (nSPS) is 11.3. The average Bonchev–Trinajstić information content (AvgIpc) is 2.70. The molecule has 1 rings (SSSR count). The van der Waals surface area contributed by atoms with E-state index < -0.39 is 0 Å². The highest BCUT2D eigenvalue weighted by atomic mass is 32.2. The van der Waals surface area contributed by atoms with Crippen LogP contribution in [0.15, 0.2) is 11.5 Å². The number of aromatic amines is 1. The maximum atomic E-state index is 8.82. The van der Waals surface area contributed by atoms with Crippen LogP contribution in [-0.2, 0) is 0 Å². The Morgan fingerprint density at radius 3 is 2.93 bits per heavy atom. The summed E-state index contributed by atoms with van der Waals surface area (Å²) in [5.74, 6) is 1.02. The van der Waals surface area contributed by atoms with Gasteiger partial charge in [-0.3, -0.25) is 5.10 Å². The maximum Gasteiger partial charge on any atom is 0.183 e. The Morgan fingerprint density at radius 2 is 2.33 bits per heavy atom. The first-order valence-electron chi connectivity index (χ1n) is 5.03. The molecule has 0 aliphatic heterocycles. The number of aromatic nitrogens is 3. The summed E-state index contributed by atoms with van der Waals surface area (Å²) in [5.41, 5.74) is -0.184. The Hall–Kier alpha value is -1.02. The van der Waals surface area contributed by atoms with Gasteiger partial charge in [-0.05, 0) is 26.7 Å². The van der Waals surface area contributed by atoms with Crippen LogP contribution in [0.1, 0.15) is 33.1 Å². The largest absolute Gasteiger partial charge is 0.254 e. The zero-order chi connectivity index (χ0) is 11.1. The van der Waals surface area contributed by atoms with E-state index in [1.54, 1.807) is 11.8 Å². The monoisotopic (exact) mass is 224 g/mol. The van der Waals surface area contributed by atoms with Crippen LogP contribution >= 0.6 is 11.8 Å². The summed E-state index contributed by atoms with van der Waals surface area (Å²) < 4.78 is 0. The van der Waals surface area contributed by atoms with Crippen LogP contribution in [0, 0.1) is 16.7 Å². The van der Waals surface area contributed by atoms with E-state index in [2.05, 4.69) is 21.3 Å². The van der Waals surface area contributed by atoms with Crippen molar-refractivity contribution in [1.29, 1.82) is 5.26 Å². The molecule has 0 aromatic carbocycles. The molecule has 0 aliphatic carbocycles. The Labute approximate surface area is 94.5 Å². The van der Waals surface area contributed by atoms with Gasteiger partial charge < -0.3 is 0 Å². The number of rotatable bonds is 6. The van der Waals surface area contributed by atoms with Crippen LogP contribution < -0.4 is 0 Å². The van der Waals surface area contributed by atoms with Gasteiger partial charge in [0.2, 0.25) is 0 Å². The molecule has 1 aromatic heterocycles. The van der Waals surface area contributed by atoms with E-state index in [1.165, 1.54) is 6.33 Å². The fraction of sp³-hybridized carbons (Fsp3) is 0.700. The van der Waals surface area contributed by atoms with Crippen LogP contribution in [-0.4, -0.2) is 20.9 Å². The molecule has 82 valence electrons. The summed E-state index contributed by atoms with van der Waals surface area (Å²) in [7, 11) is 0. The van der Waals surface area contributed by atoms with Gasteiger partial charge in [-0.15, -0.1) is 0 Å². The molecule has 0 spiro atoms. The van der Waals surface area contributed by atoms with Crippen molar-refractivity contribution >= 4 is 11.8 Å². The van der Waals surface area contributed by atoms with Gasteiger partial charge in [-0.2, -0.15) is 10.4 Å². The third kappa shape index (κ3) is 4.84. The highest BCUT2D eigenvalue weighted by Gasteiger charge is 2.15. The summed E-state index contributed by atoms with van der Waals surface area (Å²) in [5, 5.41) is 16.3. The van der Waals surface area contributed by atoms with E-state index in [0.29, 0.717) is 0 Å². The van der Waals surface area contributed by atoms with Crippen LogP contribution in [0.4, 0.5) is 0 Å². The molecule has 0 radical (unpaired) electrons. The molecule has 0 bridgehead atoms. The van der Waals surface area contributed by atoms with Gasteiger partial charge in [0.15, 0.2) is 5.16 Å². The summed E-state index contributed by atoms with van der Waals surface area (Å²) in [6, 6.07) is 2.31. The number of thioether (sulfide) groups is 1. The minimum absolute atomic E-state index is 0.184. The zero-order valence-electron chi connectivity index (χ0n) is 9.16. The molecule has 4 nitrogen and oxygen atoms in total. The lowest BCUT2D eigenvalue weighted by Gasteiger charge is -2.13. The van der Waals surface area contributed by atoms with Crippen molar-refractivity contribution in [3.05, 3.63) is 6.33 Å². The molecule has 1 N–H and O–H groups in total. The standard InChI is InChI=1S/C10H16N4S/c1-10(2,7-11)5-3-4-6-15-9-12-8-13-14-9/h8H,3-6H2,1-2H3,(H,12,13,14). The molecule has 0 saturated carbocycles. The van der Waals surface area contributed by atoms with E-state index >= 15 is 0 Å². The first-order chi connectivity index (χ1) is 7.14. The van der Waals surface area contributed by atoms with Gasteiger partial charge in [0, 0.05) is 5.75 Å². The number of hydrogen-bond donors (Lipinski definition) is 1. The van der Waals surface area contributed by atoms with Crippen molar-refractivity contribution in [3.8, 4) is 6.07 Å². The lowest BCUT2D eigenvalue weighted by molar-refractivity contribution is 0.433. The van der Waals surface area contributed by atoms with Crippen molar-refractivity contribution in [3.63, 3.8) is 0 Å². The number of hydrogen-bond acceptors (Lipinski definition) is 4. The number of nitrogens with zero attached hydrogens (tertiary/aromatic N) is 3. The van der Waals surface area contributed by atoms with Gasteiger partial charge in [-0.25, -0.2) is 4.98 Å². The van der Waals surface area contributed by atoms with Crippen LogP contribution in [0.3, 0.4) is 0 Å².